The van der Waals surface area contributed by atoms with Gasteiger partial charge in [-0.2, -0.15) is 5.10 Å². The topological polar surface area (TPSA) is 50.2 Å². The zero-order valence-corrected chi connectivity index (χ0v) is 12.9. The summed E-state index contributed by atoms with van der Waals surface area (Å²) in [5, 5.41) is 7.68. The predicted octanol–water partition coefficient (Wildman–Crippen LogP) is 1.63. The molecule has 1 atom stereocenters. The van der Waals surface area contributed by atoms with Crippen LogP contribution < -0.4 is 5.32 Å². The van der Waals surface area contributed by atoms with Gasteiger partial charge in [-0.25, -0.2) is 4.68 Å². The standard InChI is InChI=1S/C17H22N4O/c1-14-11-18-9-10-20(14)17(22)8-7-15-12-19-21(13-15)16-5-3-2-4-6-16/h2-6,12-14,18H,7-11H2,1H3/t14-/m1/s1. The van der Waals surface area contributed by atoms with Gasteiger partial charge in [-0.3, -0.25) is 4.79 Å². The van der Waals surface area contributed by atoms with Crippen LogP contribution in [0.5, 0.6) is 0 Å². The van der Waals surface area contributed by atoms with E-state index in [2.05, 4.69) is 17.3 Å². The highest BCUT2D eigenvalue weighted by molar-refractivity contribution is 5.77. The zero-order chi connectivity index (χ0) is 15.4. The van der Waals surface area contributed by atoms with Crippen molar-refractivity contribution in [3.63, 3.8) is 0 Å². The molecule has 0 aliphatic carbocycles. The quantitative estimate of drug-likeness (QED) is 0.933. The Morgan fingerprint density at radius 1 is 1.36 bits per heavy atom. The van der Waals surface area contributed by atoms with E-state index < -0.39 is 0 Å². The van der Waals surface area contributed by atoms with Gasteiger partial charge in [0.25, 0.3) is 0 Å². The van der Waals surface area contributed by atoms with Gasteiger partial charge in [-0.15, -0.1) is 0 Å². The largest absolute Gasteiger partial charge is 0.337 e. The van der Waals surface area contributed by atoms with E-state index in [9.17, 15) is 4.79 Å². The molecule has 1 N–H and O–H groups in total. The molecule has 1 amide bonds. The van der Waals surface area contributed by atoms with Crippen LogP contribution in [0.3, 0.4) is 0 Å². The molecule has 5 nitrogen and oxygen atoms in total. The van der Waals surface area contributed by atoms with Gasteiger partial charge in [0.1, 0.15) is 0 Å². The van der Waals surface area contributed by atoms with Crippen molar-refractivity contribution < 1.29 is 4.79 Å². The molecule has 1 aromatic heterocycles. The number of hydrogen-bond acceptors (Lipinski definition) is 3. The molecule has 0 bridgehead atoms. The minimum Gasteiger partial charge on any atom is -0.337 e. The molecule has 1 aliphatic rings. The molecule has 2 aromatic rings. The van der Waals surface area contributed by atoms with Gasteiger partial charge >= 0.3 is 0 Å². The fourth-order valence-electron chi connectivity index (χ4n) is 2.82. The predicted molar refractivity (Wildman–Crippen MR) is 85.9 cm³/mol. The number of piperazine rings is 1. The Balaban J connectivity index is 1.58. The number of rotatable bonds is 4. The summed E-state index contributed by atoms with van der Waals surface area (Å²) in [6, 6.07) is 10.3. The Hall–Kier alpha value is -2.14. The van der Waals surface area contributed by atoms with E-state index in [4.69, 9.17) is 0 Å². The molecule has 0 radical (unpaired) electrons. The van der Waals surface area contributed by atoms with Crippen molar-refractivity contribution in [1.29, 1.82) is 0 Å². The van der Waals surface area contributed by atoms with E-state index in [1.165, 1.54) is 0 Å². The maximum absolute atomic E-state index is 12.3. The highest BCUT2D eigenvalue weighted by Gasteiger charge is 2.22. The van der Waals surface area contributed by atoms with Crippen LogP contribution in [0.2, 0.25) is 0 Å². The number of para-hydroxylation sites is 1. The van der Waals surface area contributed by atoms with Crippen LogP contribution in [0.15, 0.2) is 42.7 Å². The number of hydrogen-bond donors (Lipinski definition) is 1. The first kappa shape index (κ1) is 14.8. The molecular formula is C17H22N4O. The molecule has 1 aromatic carbocycles. The van der Waals surface area contributed by atoms with Crippen LogP contribution in [-0.4, -0.2) is 46.3 Å². The van der Waals surface area contributed by atoms with Gasteiger partial charge in [0.05, 0.1) is 11.9 Å². The number of benzene rings is 1. The van der Waals surface area contributed by atoms with E-state index in [-0.39, 0.29) is 11.9 Å². The van der Waals surface area contributed by atoms with Crippen LogP contribution in [-0.2, 0) is 11.2 Å². The minimum atomic E-state index is 0.237. The van der Waals surface area contributed by atoms with Gasteiger partial charge in [-0.05, 0) is 31.0 Å². The first-order chi connectivity index (χ1) is 10.7. The van der Waals surface area contributed by atoms with E-state index >= 15 is 0 Å². The first-order valence-corrected chi connectivity index (χ1v) is 7.83. The summed E-state index contributed by atoms with van der Waals surface area (Å²) in [5.41, 5.74) is 2.13. The average Bonchev–Trinajstić information content (AvgIpc) is 3.03. The summed E-state index contributed by atoms with van der Waals surface area (Å²) in [4.78, 5) is 14.3. The second-order valence-corrected chi connectivity index (χ2v) is 5.77. The van der Waals surface area contributed by atoms with Gasteiger partial charge in [0, 0.05) is 38.3 Å². The van der Waals surface area contributed by atoms with Gasteiger partial charge < -0.3 is 10.2 Å². The summed E-state index contributed by atoms with van der Waals surface area (Å²) in [6.45, 7) is 4.68. The van der Waals surface area contributed by atoms with Crippen molar-refractivity contribution in [2.45, 2.75) is 25.8 Å². The molecule has 2 heterocycles. The third-order valence-corrected chi connectivity index (χ3v) is 4.11. The Kier molecular flexibility index (Phi) is 4.53. The monoisotopic (exact) mass is 298 g/mol. The SMILES string of the molecule is C[C@@H]1CNCCN1C(=O)CCc1cnn(-c2ccccc2)c1. The van der Waals surface area contributed by atoms with E-state index in [0.29, 0.717) is 6.42 Å². The third kappa shape index (κ3) is 3.36. The van der Waals surface area contributed by atoms with Crippen molar-refractivity contribution in [1.82, 2.24) is 20.0 Å². The Morgan fingerprint density at radius 3 is 2.95 bits per heavy atom. The van der Waals surface area contributed by atoms with Gasteiger partial charge in [-0.1, -0.05) is 18.2 Å². The smallest absolute Gasteiger partial charge is 0.223 e. The molecule has 22 heavy (non-hydrogen) atoms. The fourth-order valence-corrected chi connectivity index (χ4v) is 2.82. The summed E-state index contributed by atoms with van der Waals surface area (Å²) in [5.74, 6) is 0.237. The lowest BCUT2D eigenvalue weighted by molar-refractivity contribution is -0.133. The molecular weight excluding hydrogens is 276 g/mol. The maximum atomic E-state index is 12.3. The summed E-state index contributed by atoms with van der Waals surface area (Å²) in [6.07, 6.45) is 5.14. The van der Waals surface area contributed by atoms with E-state index in [0.717, 1.165) is 37.3 Å². The number of carbonyl (C=O) groups excluding carboxylic acids is 1. The minimum absolute atomic E-state index is 0.237. The molecule has 1 fully saturated rings. The number of nitrogens with zero attached hydrogens (tertiary/aromatic N) is 3. The second-order valence-electron chi connectivity index (χ2n) is 5.77. The molecule has 1 saturated heterocycles. The van der Waals surface area contributed by atoms with Crippen LogP contribution in [0.4, 0.5) is 0 Å². The van der Waals surface area contributed by atoms with Crippen molar-refractivity contribution in [3.05, 3.63) is 48.3 Å². The highest BCUT2D eigenvalue weighted by Crippen LogP contribution is 2.11. The van der Waals surface area contributed by atoms with Gasteiger partial charge in [0.2, 0.25) is 5.91 Å². The molecule has 5 heteroatoms. The molecule has 1 aliphatic heterocycles. The summed E-state index contributed by atoms with van der Waals surface area (Å²) >= 11 is 0. The van der Waals surface area contributed by atoms with Crippen molar-refractivity contribution in [2.75, 3.05) is 19.6 Å². The molecule has 0 saturated carbocycles. The summed E-state index contributed by atoms with van der Waals surface area (Å²) in [7, 11) is 0. The number of carbonyl (C=O) groups is 1. The number of nitrogens with one attached hydrogen (secondary N) is 1. The Bertz CT molecular complexity index is 623. The summed E-state index contributed by atoms with van der Waals surface area (Å²) < 4.78 is 1.85. The van der Waals surface area contributed by atoms with Gasteiger partial charge in [0.15, 0.2) is 0 Å². The van der Waals surface area contributed by atoms with E-state index in [1.807, 2.05) is 52.3 Å². The third-order valence-electron chi connectivity index (χ3n) is 4.11. The van der Waals surface area contributed by atoms with Crippen LogP contribution in [0.1, 0.15) is 18.9 Å². The van der Waals surface area contributed by atoms with Crippen LogP contribution in [0, 0.1) is 0 Å². The Morgan fingerprint density at radius 2 is 2.18 bits per heavy atom. The lowest BCUT2D eigenvalue weighted by Gasteiger charge is -2.34. The number of aromatic nitrogens is 2. The fraction of sp³-hybridized carbons (Fsp3) is 0.412. The number of amides is 1. The Labute approximate surface area is 130 Å². The van der Waals surface area contributed by atoms with E-state index in [1.54, 1.807) is 0 Å². The molecule has 3 rings (SSSR count). The molecule has 116 valence electrons. The average molecular weight is 298 g/mol. The molecule has 0 spiro atoms. The van der Waals surface area contributed by atoms with Crippen molar-refractivity contribution in [3.8, 4) is 5.69 Å². The second kappa shape index (κ2) is 6.75. The number of aryl methyl sites for hydroxylation is 1. The first-order valence-electron chi connectivity index (χ1n) is 7.83. The highest BCUT2D eigenvalue weighted by atomic mass is 16.2. The molecule has 0 unspecified atom stereocenters. The van der Waals surface area contributed by atoms with Crippen molar-refractivity contribution >= 4 is 5.91 Å². The maximum Gasteiger partial charge on any atom is 0.223 e. The van der Waals surface area contributed by atoms with Crippen LogP contribution in [0.25, 0.3) is 5.69 Å². The lowest BCUT2D eigenvalue weighted by atomic mass is 10.1. The zero-order valence-electron chi connectivity index (χ0n) is 12.9. The lowest BCUT2D eigenvalue weighted by Crippen LogP contribution is -2.52. The van der Waals surface area contributed by atoms with Crippen LogP contribution >= 0.6 is 0 Å². The normalized spacial score (nSPS) is 18.4. The van der Waals surface area contributed by atoms with Crippen molar-refractivity contribution in [2.24, 2.45) is 0 Å².